The molecule has 1 aliphatic heterocycles. The number of furan rings is 1. The average molecular weight is 298 g/mol. The Bertz CT molecular complexity index is 716. The van der Waals surface area contributed by atoms with Gasteiger partial charge in [0.05, 0.1) is 5.56 Å². The normalized spacial score (nSPS) is 14.5. The fourth-order valence-corrected chi connectivity index (χ4v) is 2.70. The minimum absolute atomic E-state index is 0.154. The average Bonchev–Trinajstić information content (AvgIpc) is 3.05. The van der Waals surface area contributed by atoms with Crippen molar-refractivity contribution in [1.29, 1.82) is 0 Å². The van der Waals surface area contributed by atoms with E-state index in [1.165, 1.54) is 0 Å². The summed E-state index contributed by atoms with van der Waals surface area (Å²) in [6, 6.07) is 9.04. The van der Waals surface area contributed by atoms with Gasteiger partial charge in [0.25, 0.3) is 5.91 Å². The maximum absolute atomic E-state index is 12.2. The molecule has 0 aliphatic carbocycles. The summed E-state index contributed by atoms with van der Waals surface area (Å²) in [5.41, 5.74) is 2.10. The fourth-order valence-electron chi connectivity index (χ4n) is 2.70. The van der Waals surface area contributed by atoms with Gasteiger partial charge in [-0.05, 0) is 50.6 Å². The molecule has 1 aliphatic rings. The van der Waals surface area contributed by atoms with Gasteiger partial charge in [-0.2, -0.15) is 0 Å². The molecule has 1 N–H and O–H groups in total. The summed E-state index contributed by atoms with van der Waals surface area (Å²) < 4.78 is 5.37. The van der Waals surface area contributed by atoms with Crippen LogP contribution in [0, 0.1) is 13.8 Å². The second kappa shape index (κ2) is 5.67. The Morgan fingerprint density at radius 3 is 2.50 bits per heavy atom. The lowest BCUT2D eigenvalue weighted by Crippen LogP contribution is -2.23. The van der Waals surface area contributed by atoms with Crippen molar-refractivity contribution in [3.05, 3.63) is 47.4 Å². The lowest BCUT2D eigenvalue weighted by molar-refractivity contribution is -0.117. The first-order chi connectivity index (χ1) is 10.5. The van der Waals surface area contributed by atoms with Gasteiger partial charge in [0.1, 0.15) is 11.5 Å². The highest BCUT2D eigenvalue weighted by molar-refractivity contribution is 6.05. The van der Waals surface area contributed by atoms with Gasteiger partial charge < -0.3 is 14.6 Å². The molecule has 1 fully saturated rings. The highest BCUT2D eigenvalue weighted by Crippen LogP contribution is 2.23. The van der Waals surface area contributed by atoms with Gasteiger partial charge in [0, 0.05) is 24.3 Å². The summed E-state index contributed by atoms with van der Waals surface area (Å²) in [7, 11) is 0. The molecule has 0 spiro atoms. The molecule has 1 aromatic carbocycles. The molecular weight excluding hydrogens is 280 g/mol. The molecule has 0 unspecified atom stereocenters. The molecule has 2 heterocycles. The van der Waals surface area contributed by atoms with Crippen molar-refractivity contribution in [3.63, 3.8) is 0 Å². The zero-order valence-corrected chi connectivity index (χ0v) is 12.7. The van der Waals surface area contributed by atoms with Gasteiger partial charge in [-0.3, -0.25) is 9.59 Å². The number of carbonyl (C=O) groups excluding carboxylic acids is 2. The third-order valence-electron chi connectivity index (χ3n) is 3.80. The zero-order valence-electron chi connectivity index (χ0n) is 12.7. The molecule has 0 saturated carbocycles. The summed E-state index contributed by atoms with van der Waals surface area (Å²) in [6.45, 7) is 4.34. The van der Waals surface area contributed by atoms with E-state index in [9.17, 15) is 9.59 Å². The molecule has 1 saturated heterocycles. The number of hydrogen-bond donors (Lipinski definition) is 1. The van der Waals surface area contributed by atoms with Crippen molar-refractivity contribution in [2.45, 2.75) is 26.7 Å². The predicted molar refractivity (Wildman–Crippen MR) is 84.2 cm³/mol. The summed E-state index contributed by atoms with van der Waals surface area (Å²) in [4.78, 5) is 25.7. The molecular formula is C17H18N2O3. The third-order valence-corrected chi connectivity index (χ3v) is 3.80. The van der Waals surface area contributed by atoms with Gasteiger partial charge in [0.15, 0.2) is 0 Å². The van der Waals surface area contributed by atoms with E-state index in [-0.39, 0.29) is 11.8 Å². The molecule has 114 valence electrons. The Labute approximate surface area is 128 Å². The van der Waals surface area contributed by atoms with Crippen LogP contribution in [0.5, 0.6) is 0 Å². The minimum Gasteiger partial charge on any atom is -0.466 e. The molecule has 5 nitrogen and oxygen atoms in total. The highest BCUT2D eigenvalue weighted by atomic mass is 16.3. The van der Waals surface area contributed by atoms with E-state index < -0.39 is 0 Å². The van der Waals surface area contributed by atoms with E-state index in [1.54, 1.807) is 30.0 Å². The topological polar surface area (TPSA) is 62.6 Å². The van der Waals surface area contributed by atoms with Crippen LogP contribution in [0.15, 0.2) is 34.7 Å². The van der Waals surface area contributed by atoms with Gasteiger partial charge in [0.2, 0.25) is 5.91 Å². The van der Waals surface area contributed by atoms with E-state index in [4.69, 9.17) is 4.42 Å². The van der Waals surface area contributed by atoms with Crippen LogP contribution in [0.1, 0.15) is 34.7 Å². The van der Waals surface area contributed by atoms with E-state index in [0.29, 0.717) is 29.2 Å². The Morgan fingerprint density at radius 2 is 1.95 bits per heavy atom. The van der Waals surface area contributed by atoms with Crippen molar-refractivity contribution in [2.24, 2.45) is 0 Å². The lowest BCUT2D eigenvalue weighted by atomic mass is 10.2. The van der Waals surface area contributed by atoms with Crippen molar-refractivity contribution >= 4 is 23.2 Å². The SMILES string of the molecule is Cc1cc(C(=O)Nc2ccc(N3CCCC3=O)cc2)c(C)o1. The largest absolute Gasteiger partial charge is 0.466 e. The molecule has 0 bridgehead atoms. The van der Waals surface area contributed by atoms with Crippen molar-refractivity contribution < 1.29 is 14.0 Å². The Balaban J connectivity index is 1.72. The van der Waals surface area contributed by atoms with Crippen LogP contribution in [0.2, 0.25) is 0 Å². The second-order valence-electron chi connectivity index (χ2n) is 5.48. The summed E-state index contributed by atoms with van der Waals surface area (Å²) in [5.74, 6) is 1.28. The van der Waals surface area contributed by atoms with Crippen molar-refractivity contribution in [2.75, 3.05) is 16.8 Å². The molecule has 22 heavy (non-hydrogen) atoms. The standard InChI is InChI=1S/C17H18N2O3/c1-11-10-15(12(2)22-11)17(21)18-13-5-7-14(8-6-13)19-9-3-4-16(19)20/h5-8,10H,3-4,9H2,1-2H3,(H,18,21). The number of benzene rings is 1. The summed E-state index contributed by atoms with van der Waals surface area (Å²) in [5, 5.41) is 2.84. The Hall–Kier alpha value is -2.56. The van der Waals surface area contributed by atoms with Crippen LogP contribution in [0.25, 0.3) is 0 Å². The molecule has 5 heteroatoms. The number of nitrogens with zero attached hydrogens (tertiary/aromatic N) is 1. The number of nitrogens with one attached hydrogen (secondary N) is 1. The van der Waals surface area contributed by atoms with Crippen LogP contribution in [0.3, 0.4) is 0 Å². The van der Waals surface area contributed by atoms with Crippen LogP contribution >= 0.6 is 0 Å². The predicted octanol–water partition coefficient (Wildman–Crippen LogP) is 3.28. The number of carbonyl (C=O) groups is 2. The molecule has 0 atom stereocenters. The summed E-state index contributed by atoms with van der Waals surface area (Å²) in [6.07, 6.45) is 1.51. The van der Waals surface area contributed by atoms with Gasteiger partial charge in [-0.25, -0.2) is 0 Å². The van der Waals surface area contributed by atoms with Crippen LogP contribution in [0.4, 0.5) is 11.4 Å². The molecule has 0 radical (unpaired) electrons. The first kappa shape index (κ1) is 14.4. The number of aryl methyl sites for hydroxylation is 2. The van der Waals surface area contributed by atoms with Crippen LogP contribution < -0.4 is 10.2 Å². The van der Waals surface area contributed by atoms with E-state index >= 15 is 0 Å². The smallest absolute Gasteiger partial charge is 0.259 e. The third kappa shape index (κ3) is 2.74. The first-order valence-corrected chi connectivity index (χ1v) is 7.33. The second-order valence-corrected chi connectivity index (χ2v) is 5.48. The van der Waals surface area contributed by atoms with E-state index in [1.807, 2.05) is 19.1 Å². The molecule has 2 amide bonds. The molecule has 1 aromatic heterocycles. The molecule has 3 rings (SSSR count). The number of rotatable bonds is 3. The highest BCUT2D eigenvalue weighted by Gasteiger charge is 2.21. The number of amides is 2. The maximum atomic E-state index is 12.2. The summed E-state index contributed by atoms with van der Waals surface area (Å²) >= 11 is 0. The van der Waals surface area contributed by atoms with E-state index in [0.717, 1.165) is 18.7 Å². The number of anilines is 2. The minimum atomic E-state index is -0.195. The quantitative estimate of drug-likeness (QED) is 0.946. The lowest BCUT2D eigenvalue weighted by Gasteiger charge is -2.16. The van der Waals surface area contributed by atoms with Crippen LogP contribution in [-0.4, -0.2) is 18.4 Å². The van der Waals surface area contributed by atoms with Crippen molar-refractivity contribution in [3.8, 4) is 0 Å². The zero-order chi connectivity index (χ0) is 15.7. The van der Waals surface area contributed by atoms with Crippen LogP contribution in [-0.2, 0) is 4.79 Å². The Kier molecular flexibility index (Phi) is 3.71. The van der Waals surface area contributed by atoms with Gasteiger partial charge in [-0.1, -0.05) is 0 Å². The van der Waals surface area contributed by atoms with Gasteiger partial charge >= 0.3 is 0 Å². The van der Waals surface area contributed by atoms with Gasteiger partial charge in [-0.15, -0.1) is 0 Å². The first-order valence-electron chi connectivity index (χ1n) is 7.33. The monoisotopic (exact) mass is 298 g/mol. The molecule has 2 aromatic rings. The van der Waals surface area contributed by atoms with Crippen molar-refractivity contribution in [1.82, 2.24) is 0 Å². The number of hydrogen-bond acceptors (Lipinski definition) is 3. The Morgan fingerprint density at radius 1 is 1.23 bits per heavy atom. The fraction of sp³-hybridized carbons (Fsp3) is 0.294. The van der Waals surface area contributed by atoms with E-state index in [2.05, 4.69) is 5.32 Å². The maximum Gasteiger partial charge on any atom is 0.259 e.